The summed E-state index contributed by atoms with van der Waals surface area (Å²) in [7, 11) is 0. The second-order valence-electron chi connectivity index (χ2n) is 8.24. The number of anilines is 1. The van der Waals surface area contributed by atoms with E-state index in [-0.39, 0.29) is 23.6 Å². The predicted molar refractivity (Wildman–Crippen MR) is 127 cm³/mol. The van der Waals surface area contributed by atoms with Crippen molar-refractivity contribution in [3.05, 3.63) is 76.3 Å². The summed E-state index contributed by atoms with van der Waals surface area (Å²) in [5.74, 6) is -0.500. The molecular formula is C25H28N4O2S. The lowest BCUT2D eigenvalue weighted by Gasteiger charge is -2.33. The number of amides is 2. The molecule has 2 aromatic carbocycles. The molecule has 0 saturated heterocycles. The SMILES string of the molecule is CCc1ccc(C(C(=O)NC2CCCC2)N(C(=O)c2csnn2)c2ccccc2C)cc1. The first-order valence-corrected chi connectivity index (χ1v) is 12.0. The van der Waals surface area contributed by atoms with E-state index in [4.69, 9.17) is 0 Å². The topological polar surface area (TPSA) is 75.2 Å². The van der Waals surface area contributed by atoms with E-state index in [9.17, 15) is 9.59 Å². The van der Waals surface area contributed by atoms with Crippen LogP contribution in [0.15, 0.2) is 53.9 Å². The van der Waals surface area contributed by atoms with Gasteiger partial charge in [-0.1, -0.05) is 66.7 Å². The van der Waals surface area contributed by atoms with Gasteiger partial charge in [-0.25, -0.2) is 0 Å². The van der Waals surface area contributed by atoms with E-state index in [2.05, 4.69) is 21.8 Å². The Kier molecular flexibility index (Phi) is 6.95. The van der Waals surface area contributed by atoms with Crippen molar-refractivity contribution in [2.45, 2.75) is 58.0 Å². The molecule has 1 atom stereocenters. The van der Waals surface area contributed by atoms with Crippen molar-refractivity contribution in [3.63, 3.8) is 0 Å². The van der Waals surface area contributed by atoms with Crippen LogP contribution in [0.25, 0.3) is 0 Å². The zero-order valence-electron chi connectivity index (χ0n) is 18.5. The number of nitrogens with zero attached hydrogens (tertiary/aromatic N) is 3. The molecule has 32 heavy (non-hydrogen) atoms. The standard InChI is InChI=1S/C25H28N4O2S/c1-3-18-12-14-19(15-13-18)23(24(30)26-20-9-5-6-10-20)29(22-11-7-4-8-17(22)2)25(31)21-16-32-28-27-21/h4,7-8,11-16,20,23H,3,5-6,9-10H2,1-2H3,(H,26,30). The summed E-state index contributed by atoms with van der Waals surface area (Å²) in [5.41, 5.74) is 3.80. The molecule has 1 heterocycles. The summed E-state index contributed by atoms with van der Waals surface area (Å²) >= 11 is 1.12. The number of aromatic nitrogens is 2. The Hall–Kier alpha value is -3.06. The fourth-order valence-electron chi connectivity index (χ4n) is 4.28. The molecule has 1 fully saturated rings. The van der Waals surface area contributed by atoms with Crippen LogP contribution in [-0.4, -0.2) is 27.4 Å². The molecule has 1 saturated carbocycles. The summed E-state index contributed by atoms with van der Waals surface area (Å²) in [6, 6.07) is 14.9. The maximum atomic E-state index is 13.7. The zero-order valence-corrected chi connectivity index (χ0v) is 19.3. The fourth-order valence-corrected chi connectivity index (χ4v) is 4.71. The van der Waals surface area contributed by atoms with Gasteiger partial charge in [0.15, 0.2) is 5.69 Å². The van der Waals surface area contributed by atoms with E-state index >= 15 is 0 Å². The molecule has 1 aliphatic rings. The molecule has 166 valence electrons. The summed E-state index contributed by atoms with van der Waals surface area (Å²) in [5, 5.41) is 8.84. The molecule has 0 spiro atoms. The molecule has 3 aromatic rings. The van der Waals surface area contributed by atoms with Crippen LogP contribution < -0.4 is 10.2 Å². The lowest BCUT2D eigenvalue weighted by molar-refractivity contribution is -0.123. The van der Waals surface area contributed by atoms with Crippen molar-refractivity contribution in [2.24, 2.45) is 0 Å². The lowest BCUT2D eigenvalue weighted by Crippen LogP contribution is -2.46. The van der Waals surface area contributed by atoms with Gasteiger partial charge in [0.05, 0.1) is 0 Å². The van der Waals surface area contributed by atoms with Gasteiger partial charge in [-0.15, -0.1) is 5.10 Å². The highest BCUT2D eigenvalue weighted by molar-refractivity contribution is 7.03. The van der Waals surface area contributed by atoms with Crippen molar-refractivity contribution in [3.8, 4) is 0 Å². The average Bonchev–Trinajstić information content (AvgIpc) is 3.52. The van der Waals surface area contributed by atoms with Gasteiger partial charge in [0.25, 0.3) is 5.91 Å². The highest BCUT2D eigenvalue weighted by atomic mass is 32.1. The molecule has 1 N–H and O–H groups in total. The summed E-state index contributed by atoms with van der Waals surface area (Å²) in [6.07, 6.45) is 5.09. The van der Waals surface area contributed by atoms with Gasteiger partial charge in [0, 0.05) is 17.1 Å². The Balaban J connectivity index is 1.81. The van der Waals surface area contributed by atoms with Gasteiger partial charge in [-0.05, 0) is 60.5 Å². The third-order valence-corrected chi connectivity index (χ3v) is 6.59. The third kappa shape index (κ3) is 4.72. The van der Waals surface area contributed by atoms with Crippen LogP contribution in [0, 0.1) is 6.92 Å². The highest BCUT2D eigenvalue weighted by Crippen LogP contribution is 2.32. The van der Waals surface area contributed by atoms with Gasteiger partial charge < -0.3 is 5.32 Å². The number of carbonyl (C=O) groups is 2. The Bertz CT molecular complexity index is 1060. The molecule has 1 unspecified atom stereocenters. The van der Waals surface area contributed by atoms with Gasteiger partial charge >= 0.3 is 0 Å². The van der Waals surface area contributed by atoms with Gasteiger partial charge in [-0.2, -0.15) is 0 Å². The van der Waals surface area contributed by atoms with Crippen LogP contribution in [0.3, 0.4) is 0 Å². The normalized spacial score (nSPS) is 14.8. The second kappa shape index (κ2) is 10.0. The quantitative estimate of drug-likeness (QED) is 0.560. The van der Waals surface area contributed by atoms with Crippen LogP contribution in [0.1, 0.15) is 65.8 Å². The average molecular weight is 449 g/mol. The molecule has 0 bridgehead atoms. The molecular weight excluding hydrogens is 420 g/mol. The minimum atomic E-state index is -0.809. The fraction of sp³-hybridized carbons (Fsp3) is 0.360. The molecule has 1 aliphatic carbocycles. The Morgan fingerprint density at radius 2 is 1.84 bits per heavy atom. The molecule has 0 aliphatic heterocycles. The maximum Gasteiger partial charge on any atom is 0.280 e. The largest absolute Gasteiger partial charge is 0.351 e. The highest BCUT2D eigenvalue weighted by Gasteiger charge is 2.36. The monoisotopic (exact) mass is 448 g/mol. The van der Waals surface area contributed by atoms with Crippen LogP contribution >= 0.6 is 11.5 Å². The van der Waals surface area contributed by atoms with E-state index in [0.29, 0.717) is 5.69 Å². The van der Waals surface area contributed by atoms with Crippen LogP contribution in [-0.2, 0) is 11.2 Å². The maximum absolute atomic E-state index is 13.7. The van der Waals surface area contributed by atoms with Crippen molar-refractivity contribution in [2.75, 3.05) is 4.90 Å². The van der Waals surface area contributed by atoms with Gasteiger partial charge in [0.2, 0.25) is 5.91 Å². The summed E-state index contributed by atoms with van der Waals surface area (Å²) in [6.45, 7) is 4.04. The van der Waals surface area contributed by atoms with Crippen molar-refractivity contribution < 1.29 is 9.59 Å². The molecule has 2 amide bonds. The number of aryl methyl sites for hydroxylation is 2. The minimum Gasteiger partial charge on any atom is -0.351 e. The third-order valence-electron chi connectivity index (χ3n) is 6.08. The Morgan fingerprint density at radius 1 is 1.12 bits per heavy atom. The minimum absolute atomic E-state index is 0.148. The van der Waals surface area contributed by atoms with Crippen LogP contribution in [0.2, 0.25) is 0 Å². The Labute approximate surface area is 192 Å². The first-order valence-electron chi connectivity index (χ1n) is 11.1. The number of carbonyl (C=O) groups excluding carboxylic acids is 2. The summed E-state index contributed by atoms with van der Waals surface area (Å²) < 4.78 is 3.87. The molecule has 4 rings (SSSR count). The number of hydrogen-bond acceptors (Lipinski definition) is 5. The van der Waals surface area contributed by atoms with Gasteiger partial charge in [0.1, 0.15) is 6.04 Å². The molecule has 7 heteroatoms. The summed E-state index contributed by atoms with van der Waals surface area (Å²) in [4.78, 5) is 29.0. The molecule has 1 aromatic heterocycles. The molecule has 0 radical (unpaired) electrons. The van der Waals surface area contributed by atoms with E-state index in [0.717, 1.165) is 54.8 Å². The molecule has 6 nitrogen and oxygen atoms in total. The Morgan fingerprint density at radius 3 is 2.47 bits per heavy atom. The van der Waals surface area contributed by atoms with Crippen LogP contribution in [0.4, 0.5) is 5.69 Å². The number of nitrogens with one attached hydrogen (secondary N) is 1. The number of hydrogen-bond donors (Lipinski definition) is 1. The number of para-hydroxylation sites is 1. The van der Waals surface area contributed by atoms with E-state index in [1.54, 1.807) is 10.3 Å². The first kappa shape index (κ1) is 22.1. The smallest absolute Gasteiger partial charge is 0.280 e. The van der Waals surface area contributed by atoms with Gasteiger partial charge in [-0.3, -0.25) is 14.5 Å². The van der Waals surface area contributed by atoms with Crippen LogP contribution in [0.5, 0.6) is 0 Å². The van der Waals surface area contributed by atoms with E-state index in [1.807, 2.05) is 55.5 Å². The first-order chi connectivity index (χ1) is 15.6. The van der Waals surface area contributed by atoms with Crippen molar-refractivity contribution >= 4 is 29.0 Å². The van der Waals surface area contributed by atoms with E-state index in [1.165, 1.54) is 5.56 Å². The second-order valence-corrected chi connectivity index (χ2v) is 8.85. The number of benzene rings is 2. The van der Waals surface area contributed by atoms with Crippen molar-refractivity contribution in [1.82, 2.24) is 14.9 Å². The lowest BCUT2D eigenvalue weighted by atomic mass is 9.99. The van der Waals surface area contributed by atoms with E-state index < -0.39 is 6.04 Å². The predicted octanol–water partition coefficient (Wildman–Crippen LogP) is 4.86. The zero-order chi connectivity index (χ0) is 22.5. The number of rotatable bonds is 7. The van der Waals surface area contributed by atoms with Crippen molar-refractivity contribution in [1.29, 1.82) is 0 Å².